The fraction of sp³-hybridized carbons (Fsp3) is 0.529. The van der Waals surface area contributed by atoms with Crippen molar-refractivity contribution in [2.24, 2.45) is 5.92 Å². The summed E-state index contributed by atoms with van der Waals surface area (Å²) >= 11 is 0. The molecule has 6 heteroatoms. The number of carbonyl (C=O) groups excluding carboxylic acids is 2. The van der Waals surface area contributed by atoms with Crippen LogP contribution in [0, 0.1) is 5.92 Å². The first-order valence-corrected chi connectivity index (χ1v) is 7.78. The van der Waals surface area contributed by atoms with Crippen molar-refractivity contribution in [2.75, 3.05) is 13.2 Å². The van der Waals surface area contributed by atoms with Crippen molar-refractivity contribution in [3.63, 3.8) is 0 Å². The van der Waals surface area contributed by atoms with E-state index in [4.69, 9.17) is 9.47 Å². The molecule has 1 heterocycles. The lowest BCUT2D eigenvalue weighted by atomic mass is 10.0. The highest BCUT2D eigenvalue weighted by Gasteiger charge is 2.32. The first-order valence-electron chi connectivity index (χ1n) is 7.78. The van der Waals surface area contributed by atoms with Crippen LogP contribution in [0.25, 0.3) is 0 Å². The Labute approximate surface area is 136 Å². The quantitative estimate of drug-likeness (QED) is 0.872. The Bertz CT molecular complexity index is 596. The number of urea groups is 1. The van der Waals surface area contributed by atoms with E-state index in [0.717, 1.165) is 12.0 Å². The van der Waals surface area contributed by atoms with Crippen molar-refractivity contribution < 1.29 is 19.1 Å². The van der Waals surface area contributed by atoms with Crippen LogP contribution in [0.5, 0.6) is 11.5 Å². The predicted octanol–water partition coefficient (Wildman–Crippen LogP) is 2.26. The highest BCUT2D eigenvalue weighted by molar-refractivity contribution is 5.95. The topological polar surface area (TPSA) is 76.7 Å². The van der Waals surface area contributed by atoms with Crippen molar-refractivity contribution >= 4 is 11.9 Å². The highest BCUT2D eigenvalue weighted by Crippen LogP contribution is 2.41. The van der Waals surface area contributed by atoms with Crippen molar-refractivity contribution in [3.05, 3.63) is 23.8 Å². The van der Waals surface area contributed by atoms with Crippen LogP contribution in [0.1, 0.15) is 33.3 Å². The monoisotopic (exact) mass is 320 g/mol. The van der Waals surface area contributed by atoms with Crippen molar-refractivity contribution in [3.8, 4) is 11.5 Å². The number of ether oxygens (including phenoxy) is 2. The number of rotatable bonds is 5. The molecule has 0 atom stereocenters. The van der Waals surface area contributed by atoms with Gasteiger partial charge in [0.2, 0.25) is 0 Å². The molecule has 1 aromatic carbocycles. The SMILES string of the molecule is CC(C)CNC(=O)NC(=O)COc1cccc2c1OC(C)(C)C2. The minimum atomic E-state index is -0.511. The van der Waals surface area contributed by atoms with E-state index in [-0.39, 0.29) is 12.2 Å². The van der Waals surface area contributed by atoms with Crippen molar-refractivity contribution in [1.29, 1.82) is 0 Å². The van der Waals surface area contributed by atoms with Gasteiger partial charge < -0.3 is 14.8 Å². The molecular formula is C17H24N2O4. The molecule has 0 aromatic heterocycles. The smallest absolute Gasteiger partial charge is 0.321 e. The maximum atomic E-state index is 11.8. The second-order valence-corrected chi connectivity index (χ2v) is 6.72. The normalized spacial score (nSPS) is 14.8. The van der Waals surface area contributed by atoms with Crippen LogP contribution in [0.15, 0.2) is 18.2 Å². The number of carbonyl (C=O) groups is 2. The summed E-state index contributed by atoms with van der Waals surface area (Å²) in [5, 5.41) is 4.85. The number of para-hydroxylation sites is 1. The van der Waals surface area contributed by atoms with Crippen LogP contribution in [0.2, 0.25) is 0 Å². The van der Waals surface area contributed by atoms with Crippen LogP contribution in [-0.4, -0.2) is 30.7 Å². The Balaban J connectivity index is 1.87. The zero-order chi connectivity index (χ0) is 17.0. The summed E-state index contributed by atoms with van der Waals surface area (Å²) in [7, 11) is 0. The number of hydrogen-bond donors (Lipinski definition) is 2. The summed E-state index contributed by atoms with van der Waals surface area (Å²) in [6.07, 6.45) is 0.795. The molecule has 3 amide bonds. The third-order valence-electron chi connectivity index (χ3n) is 3.34. The van der Waals surface area contributed by atoms with Crippen molar-refractivity contribution in [1.82, 2.24) is 10.6 Å². The van der Waals surface area contributed by atoms with Crippen molar-refractivity contribution in [2.45, 2.75) is 39.7 Å². The van der Waals surface area contributed by atoms with Crippen LogP contribution in [0.3, 0.4) is 0 Å². The number of amides is 3. The average molecular weight is 320 g/mol. The van der Waals surface area contributed by atoms with Gasteiger partial charge in [0.15, 0.2) is 18.1 Å². The molecule has 0 saturated heterocycles. The zero-order valence-electron chi connectivity index (χ0n) is 14.1. The first kappa shape index (κ1) is 17.1. The summed E-state index contributed by atoms with van der Waals surface area (Å²) in [6, 6.07) is 5.09. The van der Waals surface area contributed by atoms with E-state index in [9.17, 15) is 9.59 Å². The molecule has 0 spiro atoms. The number of hydrogen-bond acceptors (Lipinski definition) is 4. The van der Waals surface area contributed by atoms with Crippen LogP contribution < -0.4 is 20.1 Å². The lowest BCUT2D eigenvalue weighted by Gasteiger charge is -2.18. The van der Waals surface area contributed by atoms with Crippen LogP contribution in [0.4, 0.5) is 4.79 Å². The van der Waals surface area contributed by atoms with E-state index in [2.05, 4.69) is 10.6 Å². The molecule has 1 aliphatic rings. The van der Waals surface area contributed by atoms with Gasteiger partial charge in [0, 0.05) is 18.5 Å². The van der Waals surface area contributed by atoms with Gasteiger partial charge in [0.1, 0.15) is 5.60 Å². The molecule has 6 nitrogen and oxygen atoms in total. The Morgan fingerprint density at radius 3 is 2.78 bits per heavy atom. The van der Waals surface area contributed by atoms with Gasteiger partial charge in [-0.1, -0.05) is 26.0 Å². The second-order valence-electron chi connectivity index (χ2n) is 6.72. The first-order chi connectivity index (χ1) is 10.8. The lowest BCUT2D eigenvalue weighted by molar-refractivity contribution is -0.122. The van der Waals surface area contributed by atoms with Gasteiger partial charge in [-0.15, -0.1) is 0 Å². The molecule has 0 bridgehead atoms. The van der Waals surface area contributed by atoms with Gasteiger partial charge in [0.25, 0.3) is 5.91 Å². The molecule has 0 unspecified atom stereocenters. The van der Waals surface area contributed by atoms with Gasteiger partial charge in [-0.25, -0.2) is 4.79 Å². The third kappa shape index (κ3) is 4.87. The van der Waals surface area contributed by atoms with Gasteiger partial charge in [-0.3, -0.25) is 10.1 Å². The highest BCUT2D eigenvalue weighted by atomic mass is 16.5. The van der Waals surface area contributed by atoms with E-state index in [1.807, 2.05) is 39.8 Å². The molecule has 0 radical (unpaired) electrons. The minimum absolute atomic E-state index is 0.241. The Morgan fingerprint density at radius 2 is 2.09 bits per heavy atom. The fourth-order valence-electron chi connectivity index (χ4n) is 2.35. The van der Waals surface area contributed by atoms with Gasteiger partial charge in [-0.05, 0) is 25.8 Å². The number of fused-ring (bicyclic) bond motifs is 1. The summed E-state index contributed by atoms with van der Waals surface area (Å²) in [5.74, 6) is 1.01. The third-order valence-corrected chi connectivity index (χ3v) is 3.34. The van der Waals surface area contributed by atoms with E-state index in [1.54, 1.807) is 6.07 Å². The Kier molecular flexibility index (Phi) is 5.13. The summed E-state index contributed by atoms with van der Waals surface area (Å²) in [6.45, 7) is 8.22. The fourth-order valence-corrected chi connectivity index (χ4v) is 2.35. The molecule has 2 N–H and O–H groups in total. The molecule has 126 valence electrons. The minimum Gasteiger partial charge on any atom is -0.483 e. The molecule has 0 saturated carbocycles. The van der Waals surface area contributed by atoms with E-state index in [0.29, 0.717) is 24.0 Å². The van der Waals surface area contributed by atoms with E-state index in [1.165, 1.54) is 0 Å². The molecule has 1 aromatic rings. The van der Waals surface area contributed by atoms with Crippen LogP contribution >= 0.6 is 0 Å². The largest absolute Gasteiger partial charge is 0.483 e. The molecular weight excluding hydrogens is 296 g/mol. The summed E-state index contributed by atoms with van der Waals surface area (Å²) in [4.78, 5) is 23.3. The second kappa shape index (κ2) is 6.89. The van der Waals surface area contributed by atoms with Gasteiger partial charge in [0.05, 0.1) is 0 Å². The zero-order valence-corrected chi connectivity index (χ0v) is 14.1. The molecule has 0 aliphatic carbocycles. The molecule has 23 heavy (non-hydrogen) atoms. The predicted molar refractivity (Wildman–Crippen MR) is 86.7 cm³/mol. The Morgan fingerprint density at radius 1 is 1.35 bits per heavy atom. The van der Waals surface area contributed by atoms with Gasteiger partial charge >= 0.3 is 6.03 Å². The number of benzene rings is 1. The molecule has 1 aliphatic heterocycles. The maximum absolute atomic E-state index is 11.8. The van der Waals surface area contributed by atoms with Gasteiger partial charge in [-0.2, -0.15) is 0 Å². The molecule has 2 rings (SSSR count). The number of nitrogens with one attached hydrogen (secondary N) is 2. The van der Waals surface area contributed by atoms with E-state index < -0.39 is 11.9 Å². The average Bonchev–Trinajstić information content (AvgIpc) is 2.77. The Hall–Kier alpha value is -2.24. The summed E-state index contributed by atoms with van der Waals surface area (Å²) in [5.41, 5.74) is 0.781. The maximum Gasteiger partial charge on any atom is 0.321 e. The number of imide groups is 1. The standard InChI is InChI=1S/C17H24N2O4/c1-11(2)9-18-16(21)19-14(20)10-22-13-7-5-6-12-8-17(3,4)23-15(12)13/h5-7,11H,8-10H2,1-4H3,(H2,18,19,20,21). The molecule has 0 fully saturated rings. The van der Waals surface area contributed by atoms with E-state index >= 15 is 0 Å². The summed E-state index contributed by atoms with van der Waals surface area (Å²) < 4.78 is 11.4. The lowest BCUT2D eigenvalue weighted by Crippen LogP contribution is -2.42. The van der Waals surface area contributed by atoms with Crippen LogP contribution in [-0.2, 0) is 11.2 Å².